The number of likely N-dealkylation sites (tertiary alicyclic amines) is 1. The summed E-state index contributed by atoms with van der Waals surface area (Å²) in [7, 11) is 1.98. The summed E-state index contributed by atoms with van der Waals surface area (Å²) in [5.41, 5.74) is 1.35. The number of nitrogens with zero attached hydrogens (tertiary/aromatic N) is 4. The summed E-state index contributed by atoms with van der Waals surface area (Å²) in [6.07, 6.45) is 7.67. The molecule has 1 saturated heterocycles. The molecule has 1 aromatic rings. The van der Waals surface area contributed by atoms with Crippen molar-refractivity contribution in [3.63, 3.8) is 0 Å². The van der Waals surface area contributed by atoms with Crippen LogP contribution < -0.4 is 5.32 Å². The number of unbranched alkanes of at least 4 members (excludes halogenated alkanes) is 1. The molecule has 1 N–H and O–H groups in total. The fraction of sp³-hybridized carbons (Fsp3) is 0.733. The molecule has 2 rings (SSSR count). The van der Waals surface area contributed by atoms with E-state index in [-0.39, 0.29) is 24.0 Å². The minimum absolute atomic E-state index is 0. The highest BCUT2D eigenvalue weighted by molar-refractivity contribution is 14.0. The van der Waals surface area contributed by atoms with Crippen LogP contribution in [0, 0.1) is 0 Å². The van der Waals surface area contributed by atoms with E-state index in [0.29, 0.717) is 5.92 Å². The van der Waals surface area contributed by atoms with Crippen molar-refractivity contribution < 1.29 is 0 Å². The topological polar surface area (TPSA) is 45.5 Å². The summed E-state index contributed by atoms with van der Waals surface area (Å²) in [4.78, 5) is 7.11. The van der Waals surface area contributed by atoms with Gasteiger partial charge in [-0.05, 0) is 25.3 Å². The average Bonchev–Trinajstić information content (AvgIpc) is 3.06. The van der Waals surface area contributed by atoms with Crippen LogP contribution in [0.5, 0.6) is 0 Å². The number of aryl methyl sites for hydroxylation is 1. The molecular weight excluding hydrogens is 377 g/mol. The number of aliphatic imine (C=N–C) groups is 1. The molecule has 0 aliphatic carbocycles. The molecule has 0 amide bonds. The molecule has 1 unspecified atom stereocenters. The third-order valence-electron chi connectivity index (χ3n) is 3.79. The van der Waals surface area contributed by atoms with Crippen molar-refractivity contribution in [2.24, 2.45) is 12.0 Å². The second kappa shape index (κ2) is 9.27. The standard InChI is InChI=1S/C15H27N5.HI/c1-4-6-8-17-15(16-5-2)20-9-7-13(12-20)14-10-18-19(3)11-14;/h10-11,13H,4-9,12H2,1-3H3,(H,16,17);1H. The third kappa shape index (κ3) is 5.16. The number of nitrogens with one attached hydrogen (secondary N) is 1. The molecule has 1 fully saturated rings. The molecule has 6 heteroatoms. The lowest BCUT2D eigenvalue weighted by Crippen LogP contribution is -2.40. The second-order valence-corrected chi connectivity index (χ2v) is 5.47. The van der Waals surface area contributed by atoms with Crippen molar-refractivity contribution in [3.8, 4) is 0 Å². The average molecular weight is 405 g/mol. The Labute approximate surface area is 145 Å². The van der Waals surface area contributed by atoms with Crippen LogP contribution in [0.2, 0.25) is 0 Å². The molecular formula is C15H28IN5. The predicted octanol–water partition coefficient (Wildman–Crippen LogP) is 2.59. The fourth-order valence-electron chi connectivity index (χ4n) is 2.64. The van der Waals surface area contributed by atoms with Crippen molar-refractivity contribution in [2.75, 3.05) is 26.2 Å². The van der Waals surface area contributed by atoms with Gasteiger partial charge in [-0.25, -0.2) is 0 Å². The fourth-order valence-corrected chi connectivity index (χ4v) is 2.64. The van der Waals surface area contributed by atoms with Crippen LogP contribution in [0.25, 0.3) is 0 Å². The Balaban J connectivity index is 0.00000220. The van der Waals surface area contributed by atoms with E-state index in [2.05, 4.69) is 35.4 Å². The molecule has 0 radical (unpaired) electrons. The van der Waals surface area contributed by atoms with Gasteiger partial charge in [0.25, 0.3) is 0 Å². The highest BCUT2D eigenvalue weighted by Gasteiger charge is 2.26. The van der Waals surface area contributed by atoms with E-state index in [1.165, 1.54) is 18.4 Å². The summed E-state index contributed by atoms with van der Waals surface area (Å²) in [6.45, 7) is 8.31. The zero-order valence-corrected chi connectivity index (χ0v) is 15.7. The lowest BCUT2D eigenvalue weighted by atomic mass is 10.0. The molecule has 1 aromatic heterocycles. The molecule has 1 aliphatic rings. The van der Waals surface area contributed by atoms with Crippen molar-refractivity contribution >= 4 is 29.9 Å². The van der Waals surface area contributed by atoms with E-state index >= 15 is 0 Å². The van der Waals surface area contributed by atoms with Crippen LogP contribution in [0.4, 0.5) is 0 Å². The van der Waals surface area contributed by atoms with Crippen LogP contribution in [-0.2, 0) is 7.05 Å². The Morgan fingerprint density at radius 2 is 2.29 bits per heavy atom. The monoisotopic (exact) mass is 405 g/mol. The molecule has 0 spiro atoms. The summed E-state index contributed by atoms with van der Waals surface area (Å²) >= 11 is 0. The SMILES string of the molecule is CCCCN=C(NCC)N1CCC(c2cnn(C)c2)C1.I. The number of aromatic nitrogens is 2. The van der Waals surface area contributed by atoms with Crippen molar-refractivity contribution in [3.05, 3.63) is 18.0 Å². The van der Waals surface area contributed by atoms with E-state index in [4.69, 9.17) is 4.99 Å². The van der Waals surface area contributed by atoms with Crippen LogP contribution in [0.3, 0.4) is 0 Å². The highest BCUT2D eigenvalue weighted by atomic mass is 127. The molecule has 1 aliphatic heterocycles. The van der Waals surface area contributed by atoms with E-state index in [0.717, 1.165) is 38.6 Å². The van der Waals surface area contributed by atoms with Gasteiger partial charge in [0.05, 0.1) is 6.20 Å². The molecule has 1 atom stereocenters. The first-order valence-electron chi connectivity index (χ1n) is 7.76. The number of guanidine groups is 1. The quantitative estimate of drug-likeness (QED) is 0.355. The van der Waals surface area contributed by atoms with Crippen LogP contribution >= 0.6 is 24.0 Å². The molecule has 0 bridgehead atoms. The Morgan fingerprint density at radius 1 is 1.48 bits per heavy atom. The maximum absolute atomic E-state index is 4.73. The summed E-state index contributed by atoms with van der Waals surface area (Å²) < 4.78 is 1.89. The predicted molar refractivity (Wildman–Crippen MR) is 98.4 cm³/mol. The number of hydrogen-bond acceptors (Lipinski definition) is 2. The lowest BCUT2D eigenvalue weighted by molar-refractivity contribution is 0.485. The van der Waals surface area contributed by atoms with Gasteiger partial charge in [-0.2, -0.15) is 5.10 Å². The van der Waals surface area contributed by atoms with Crippen LogP contribution in [-0.4, -0.2) is 46.8 Å². The normalized spacial score (nSPS) is 18.7. The molecule has 2 heterocycles. The molecule has 120 valence electrons. The summed E-state index contributed by atoms with van der Waals surface area (Å²) in [5.74, 6) is 1.66. The number of halogens is 1. The highest BCUT2D eigenvalue weighted by Crippen LogP contribution is 2.26. The van der Waals surface area contributed by atoms with Gasteiger partial charge in [-0.15, -0.1) is 24.0 Å². The minimum Gasteiger partial charge on any atom is -0.357 e. The van der Waals surface area contributed by atoms with Gasteiger partial charge in [-0.1, -0.05) is 13.3 Å². The van der Waals surface area contributed by atoms with Crippen molar-refractivity contribution in [2.45, 2.75) is 39.0 Å². The Morgan fingerprint density at radius 3 is 2.90 bits per heavy atom. The molecule has 21 heavy (non-hydrogen) atoms. The lowest BCUT2D eigenvalue weighted by Gasteiger charge is -2.21. The van der Waals surface area contributed by atoms with Crippen LogP contribution in [0.1, 0.15) is 44.6 Å². The maximum atomic E-state index is 4.73. The molecule has 5 nitrogen and oxygen atoms in total. The Bertz CT molecular complexity index is 443. The van der Waals surface area contributed by atoms with E-state index in [1.807, 2.05) is 17.9 Å². The first-order chi connectivity index (χ1) is 9.74. The Kier molecular flexibility index (Phi) is 8.06. The first kappa shape index (κ1) is 18.3. The van der Waals surface area contributed by atoms with E-state index in [9.17, 15) is 0 Å². The zero-order valence-electron chi connectivity index (χ0n) is 13.4. The van der Waals surface area contributed by atoms with Gasteiger partial charge in [-0.3, -0.25) is 9.67 Å². The molecule has 0 aromatic carbocycles. The van der Waals surface area contributed by atoms with Crippen molar-refractivity contribution in [1.29, 1.82) is 0 Å². The first-order valence-corrected chi connectivity index (χ1v) is 7.76. The summed E-state index contributed by atoms with van der Waals surface area (Å²) in [6, 6.07) is 0. The van der Waals surface area contributed by atoms with Gasteiger partial charge >= 0.3 is 0 Å². The van der Waals surface area contributed by atoms with Gasteiger partial charge in [0.2, 0.25) is 0 Å². The van der Waals surface area contributed by atoms with Gasteiger partial charge in [0, 0.05) is 45.3 Å². The number of rotatable bonds is 5. The largest absolute Gasteiger partial charge is 0.357 e. The zero-order chi connectivity index (χ0) is 14.4. The van der Waals surface area contributed by atoms with Crippen molar-refractivity contribution in [1.82, 2.24) is 20.0 Å². The van der Waals surface area contributed by atoms with Gasteiger partial charge in [0.1, 0.15) is 0 Å². The third-order valence-corrected chi connectivity index (χ3v) is 3.79. The summed E-state index contributed by atoms with van der Waals surface area (Å²) in [5, 5.41) is 7.70. The van der Waals surface area contributed by atoms with Crippen LogP contribution in [0.15, 0.2) is 17.4 Å². The van der Waals surface area contributed by atoms with Gasteiger partial charge in [0.15, 0.2) is 5.96 Å². The molecule has 0 saturated carbocycles. The maximum Gasteiger partial charge on any atom is 0.193 e. The second-order valence-electron chi connectivity index (χ2n) is 5.47. The smallest absolute Gasteiger partial charge is 0.193 e. The van der Waals surface area contributed by atoms with Gasteiger partial charge < -0.3 is 10.2 Å². The van der Waals surface area contributed by atoms with E-state index in [1.54, 1.807) is 0 Å². The minimum atomic E-state index is 0. The Hall–Kier alpha value is -0.790. The van der Waals surface area contributed by atoms with E-state index < -0.39 is 0 Å². The number of hydrogen-bond donors (Lipinski definition) is 1.